The molecule has 0 saturated carbocycles. The molecule has 1 aliphatic heterocycles. The number of ether oxygens (including phenoxy) is 2. The van der Waals surface area contributed by atoms with E-state index < -0.39 is 5.82 Å². The van der Waals surface area contributed by atoms with Gasteiger partial charge in [-0.05, 0) is 6.07 Å². The predicted octanol–water partition coefficient (Wildman–Crippen LogP) is 0.708. The van der Waals surface area contributed by atoms with Gasteiger partial charge in [0.05, 0.1) is 37.7 Å². The molecule has 1 aliphatic rings. The van der Waals surface area contributed by atoms with Gasteiger partial charge in [0.25, 0.3) is 5.91 Å². The number of likely N-dealkylation sites (N-methyl/N-ethyl adjacent to an activating group) is 1. The summed E-state index contributed by atoms with van der Waals surface area (Å²) in [6.07, 6.45) is 2.28. The largest absolute Gasteiger partial charge is 0.376 e. The normalized spacial score (nSPS) is 19.6. The summed E-state index contributed by atoms with van der Waals surface area (Å²) in [4.78, 5) is 17.1. The number of pyridine rings is 1. The average Bonchev–Trinajstić information content (AvgIpc) is 2.39. The lowest BCUT2D eigenvalue weighted by Gasteiger charge is -2.27. The van der Waals surface area contributed by atoms with Crippen LogP contribution in [-0.2, 0) is 9.47 Å². The highest BCUT2D eigenvalue weighted by Gasteiger charge is 2.20. The molecule has 18 heavy (non-hydrogen) atoms. The Kier molecular flexibility index (Phi) is 4.22. The van der Waals surface area contributed by atoms with Gasteiger partial charge in [-0.2, -0.15) is 0 Å². The molecule has 0 aliphatic carbocycles. The third-order valence-electron chi connectivity index (χ3n) is 2.66. The highest BCUT2D eigenvalue weighted by Crippen LogP contribution is 2.07. The zero-order valence-corrected chi connectivity index (χ0v) is 10.1. The fourth-order valence-corrected chi connectivity index (χ4v) is 1.78. The average molecular weight is 254 g/mol. The first-order chi connectivity index (χ1) is 8.66. The van der Waals surface area contributed by atoms with Crippen LogP contribution in [0.1, 0.15) is 10.4 Å². The van der Waals surface area contributed by atoms with Crippen LogP contribution in [0.2, 0.25) is 0 Å². The quantitative estimate of drug-likeness (QED) is 0.797. The fourth-order valence-electron chi connectivity index (χ4n) is 1.78. The Bertz CT molecular complexity index is 422. The summed E-state index contributed by atoms with van der Waals surface area (Å²) < 4.78 is 23.7. The van der Waals surface area contributed by atoms with Gasteiger partial charge in [-0.3, -0.25) is 9.78 Å². The van der Waals surface area contributed by atoms with Crippen molar-refractivity contribution in [2.75, 3.05) is 33.4 Å². The molecule has 0 bridgehead atoms. The lowest BCUT2D eigenvalue weighted by Crippen LogP contribution is -2.40. The molecule has 1 fully saturated rings. The molecule has 6 heteroatoms. The molecule has 1 amide bonds. The lowest BCUT2D eigenvalue weighted by molar-refractivity contribution is -0.0933. The van der Waals surface area contributed by atoms with Crippen molar-refractivity contribution in [1.82, 2.24) is 9.88 Å². The molecule has 98 valence electrons. The van der Waals surface area contributed by atoms with E-state index >= 15 is 0 Å². The van der Waals surface area contributed by atoms with Crippen LogP contribution in [-0.4, -0.2) is 55.3 Å². The second kappa shape index (κ2) is 5.88. The molecule has 1 aromatic rings. The Morgan fingerprint density at radius 2 is 2.39 bits per heavy atom. The van der Waals surface area contributed by atoms with E-state index in [1.165, 1.54) is 17.2 Å². The van der Waals surface area contributed by atoms with E-state index in [0.29, 0.717) is 26.4 Å². The van der Waals surface area contributed by atoms with Crippen LogP contribution >= 0.6 is 0 Å². The van der Waals surface area contributed by atoms with Crippen LogP contribution in [0, 0.1) is 5.82 Å². The SMILES string of the molecule is CN(C[C@@H]1COCCO1)C(=O)c1cncc(F)c1. The van der Waals surface area contributed by atoms with Crippen LogP contribution in [0.3, 0.4) is 0 Å². The van der Waals surface area contributed by atoms with Gasteiger partial charge in [-0.25, -0.2) is 4.39 Å². The molecule has 1 atom stereocenters. The maximum atomic E-state index is 13.0. The molecule has 2 heterocycles. The number of carbonyl (C=O) groups excluding carboxylic acids is 1. The summed E-state index contributed by atoms with van der Waals surface area (Å²) in [5.41, 5.74) is 0.231. The monoisotopic (exact) mass is 254 g/mol. The first-order valence-electron chi connectivity index (χ1n) is 5.72. The zero-order valence-electron chi connectivity index (χ0n) is 10.1. The first-order valence-corrected chi connectivity index (χ1v) is 5.72. The second-order valence-corrected chi connectivity index (χ2v) is 4.15. The van der Waals surface area contributed by atoms with Gasteiger partial charge >= 0.3 is 0 Å². The molecule has 0 N–H and O–H groups in total. The molecule has 0 spiro atoms. The molecular formula is C12H15FN2O3. The van der Waals surface area contributed by atoms with Crippen molar-refractivity contribution in [2.45, 2.75) is 6.10 Å². The van der Waals surface area contributed by atoms with E-state index in [4.69, 9.17) is 9.47 Å². The van der Waals surface area contributed by atoms with E-state index in [1.807, 2.05) is 0 Å². The summed E-state index contributed by atoms with van der Waals surface area (Å²) in [6.45, 7) is 2.00. The number of halogens is 1. The molecule has 1 saturated heterocycles. The van der Waals surface area contributed by atoms with E-state index in [9.17, 15) is 9.18 Å². The number of hydrogen-bond acceptors (Lipinski definition) is 4. The molecule has 1 aromatic heterocycles. The summed E-state index contributed by atoms with van der Waals surface area (Å²) in [6, 6.07) is 1.17. The van der Waals surface area contributed by atoms with Gasteiger partial charge in [0.2, 0.25) is 0 Å². The van der Waals surface area contributed by atoms with E-state index in [-0.39, 0.29) is 17.6 Å². The third kappa shape index (κ3) is 3.24. The van der Waals surface area contributed by atoms with Crippen LogP contribution in [0.4, 0.5) is 4.39 Å². The zero-order chi connectivity index (χ0) is 13.0. The molecule has 2 rings (SSSR count). The lowest BCUT2D eigenvalue weighted by atomic mass is 10.2. The number of aromatic nitrogens is 1. The van der Waals surface area contributed by atoms with Crippen molar-refractivity contribution in [1.29, 1.82) is 0 Å². The van der Waals surface area contributed by atoms with Crippen LogP contribution in [0.25, 0.3) is 0 Å². The minimum absolute atomic E-state index is 0.130. The van der Waals surface area contributed by atoms with Crippen molar-refractivity contribution in [3.05, 3.63) is 29.8 Å². The number of amides is 1. The highest BCUT2D eigenvalue weighted by molar-refractivity contribution is 5.93. The Balaban J connectivity index is 1.95. The van der Waals surface area contributed by atoms with Crippen molar-refractivity contribution in [3.8, 4) is 0 Å². The van der Waals surface area contributed by atoms with E-state index in [2.05, 4.69) is 4.98 Å². The van der Waals surface area contributed by atoms with Crippen molar-refractivity contribution in [3.63, 3.8) is 0 Å². The number of rotatable bonds is 3. The van der Waals surface area contributed by atoms with Gasteiger partial charge in [0.1, 0.15) is 5.82 Å². The van der Waals surface area contributed by atoms with Crippen molar-refractivity contribution in [2.24, 2.45) is 0 Å². The Labute approximate surface area is 105 Å². The summed E-state index contributed by atoms with van der Waals surface area (Å²) in [7, 11) is 1.64. The molecular weight excluding hydrogens is 239 g/mol. The van der Waals surface area contributed by atoms with Crippen LogP contribution in [0.15, 0.2) is 18.5 Å². The van der Waals surface area contributed by atoms with Crippen molar-refractivity contribution >= 4 is 5.91 Å². The van der Waals surface area contributed by atoms with Gasteiger partial charge in [-0.15, -0.1) is 0 Å². The standard InChI is InChI=1S/C12H15FN2O3/c1-15(7-11-8-17-2-3-18-11)12(16)9-4-10(13)6-14-5-9/h4-6,11H,2-3,7-8H2,1H3/t11-/m1/s1. The van der Waals surface area contributed by atoms with E-state index in [0.717, 1.165) is 6.20 Å². The maximum absolute atomic E-state index is 13.0. The Morgan fingerprint density at radius 3 is 3.06 bits per heavy atom. The minimum Gasteiger partial charge on any atom is -0.376 e. The maximum Gasteiger partial charge on any atom is 0.255 e. The smallest absolute Gasteiger partial charge is 0.255 e. The first kappa shape index (κ1) is 12.9. The molecule has 0 aromatic carbocycles. The molecule has 0 radical (unpaired) electrons. The highest BCUT2D eigenvalue weighted by atomic mass is 19.1. The summed E-state index contributed by atoms with van der Waals surface area (Å²) in [5, 5.41) is 0. The summed E-state index contributed by atoms with van der Waals surface area (Å²) >= 11 is 0. The number of nitrogens with zero attached hydrogens (tertiary/aromatic N) is 2. The summed E-state index contributed by atoms with van der Waals surface area (Å²) in [5.74, 6) is -0.803. The Morgan fingerprint density at radius 1 is 1.56 bits per heavy atom. The van der Waals surface area contributed by atoms with Gasteiger partial charge in [0, 0.05) is 19.8 Å². The topological polar surface area (TPSA) is 51.7 Å². The van der Waals surface area contributed by atoms with Gasteiger partial charge in [0.15, 0.2) is 0 Å². The number of carbonyl (C=O) groups is 1. The van der Waals surface area contributed by atoms with Crippen molar-refractivity contribution < 1.29 is 18.7 Å². The molecule has 5 nitrogen and oxygen atoms in total. The van der Waals surface area contributed by atoms with Gasteiger partial charge in [-0.1, -0.05) is 0 Å². The second-order valence-electron chi connectivity index (χ2n) is 4.15. The third-order valence-corrected chi connectivity index (χ3v) is 2.66. The van der Waals surface area contributed by atoms with E-state index in [1.54, 1.807) is 7.05 Å². The number of hydrogen-bond donors (Lipinski definition) is 0. The van der Waals surface area contributed by atoms with Crippen LogP contribution in [0.5, 0.6) is 0 Å². The Hall–Kier alpha value is -1.53. The van der Waals surface area contributed by atoms with Crippen LogP contribution < -0.4 is 0 Å². The minimum atomic E-state index is -0.522. The van der Waals surface area contributed by atoms with Gasteiger partial charge < -0.3 is 14.4 Å². The fraction of sp³-hybridized carbons (Fsp3) is 0.500. The predicted molar refractivity (Wildman–Crippen MR) is 61.7 cm³/mol. The molecule has 0 unspecified atom stereocenters.